The minimum Gasteiger partial charge on any atom is -0.302 e. The Morgan fingerprint density at radius 2 is 1.58 bits per heavy atom. The molecule has 0 spiro atoms. The minimum absolute atomic E-state index is 0.699. The summed E-state index contributed by atoms with van der Waals surface area (Å²) >= 11 is 0. The van der Waals surface area contributed by atoms with Crippen molar-refractivity contribution in [1.82, 2.24) is 9.91 Å². The Kier molecular flexibility index (Phi) is 6.66. The van der Waals surface area contributed by atoms with Gasteiger partial charge in [-0.25, -0.2) is 0 Å². The first kappa shape index (κ1) is 11.4. The number of nitroso groups, excluding NO2 is 1. The third-order valence-corrected chi connectivity index (χ3v) is 2.05. The Labute approximate surface area is 74.5 Å². The van der Waals surface area contributed by atoms with Crippen LogP contribution in [-0.2, 0) is 0 Å². The van der Waals surface area contributed by atoms with Crippen molar-refractivity contribution in [3.63, 3.8) is 0 Å². The van der Waals surface area contributed by atoms with Crippen molar-refractivity contribution >= 4 is 0 Å². The molecule has 0 aliphatic heterocycles. The van der Waals surface area contributed by atoms with E-state index in [1.807, 2.05) is 6.92 Å². The zero-order valence-electron chi connectivity index (χ0n) is 8.29. The second kappa shape index (κ2) is 7.03. The van der Waals surface area contributed by atoms with Crippen molar-refractivity contribution in [2.24, 2.45) is 5.29 Å². The van der Waals surface area contributed by atoms with E-state index in [1.54, 1.807) is 5.01 Å². The normalized spacial score (nSPS) is 10.3. The number of hydrogen-bond donors (Lipinski definition) is 0. The van der Waals surface area contributed by atoms with E-state index < -0.39 is 0 Å². The van der Waals surface area contributed by atoms with Gasteiger partial charge in [0.05, 0.1) is 11.8 Å². The topological polar surface area (TPSA) is 35.9 Å². The zero-order chi connectivity index (χ0) is 9.40. The van der Waals surface area contributed by atoms with E-state index in [1.165, 1.54) is 0 Å². The number of rotatable bonds is 7. The summed E-state index contributed by atoms with van der Waals surface area (Å²) in [6.07, 6.45) is 0. The third kappa shape index (κ3) is 4.28. The Morgan fingerprint density at radius 3 is 1.92 bits per heavy atom. The molecule has 0 heterocycles. The highest BCUT2D eigenvalue weighted by atomic mass is 16.3. The van der Waals surface area contributed by atoms with Gasteiger partial charge in [-0.15, -0.1) is 4.91 Å². The summed E-state index contributed by atoms with van der Waals surface area (Å²) in [5.41, 5.74) is 0. The Bertz CT molecular complexity index is 115. The first-order valence-electron chi connectivity index (χ1n) is 4.59. The highest BCUT2D eigenvalue weighted by Crippen LogP contribution is 1.91. The highest BCUT2D eigenvalue weighted by molar-refractivity contribution is 4.56. The molecule has 0 rings (SSSR count). The molecule has 0 saturated carbocycles. The van der Waals surface area contributed by atoms with Gasteiger partial charge in [-0.1, -0.05) is 13.8 Å². The van der Waals surface area contributed by atoms with Crippen molar-refractivity contribution in [3.8, 4) is 0 Å². The Hall–Kier alpha value is -0.640. The summed E-state index contributed by atoms with van der Waals surface area (Å²) < 4.78 is 0. The number of nitrogens with zero attached hydrogens (tertiary/aromatic N) is 3. The second-order valence-electron chi connectivity index (χ2n) is 2.65. The molecule has 0 atom stereocenters. The summed E-state index contributed by atoms with van der Waals surface area (Å²) in [4.78, 5) is 12.5. The lowest BCUT2D eigenvalue weighted by Crippen LogP contribution is -2.32. The third-order valence-electron chi connectivity index (χ3n) is 2.05. The molecule has 0 radical (unpaired) electrons. The lowest BCUT2D eigenvalue weighted by atomic mass is 10.4. The van der Waals surface area contributed by atoms with Crippen LogP contribution in [0.1, 0.15) is 20.8 Å². The summed E-state index contributed by atoms with van der Waals surface area (Å²) in [5, 5.41) is 4.44. The first-order valence-corrected chi connectivity index (χ1v) is 4.59. The molecular weight excluding hydrogens is 154 g/mol. The SMILES string of the molecule is CCN(CC)CCN(CC)N=O. The molecule has 0 aliphatic carbocycles. The number of likely N-dealkylation sites (N-methyl/N-ethyl adjacent to an activating group) is 2. The van der Waals surface area contributed by atoms with Crippen molar-refractivity contribution < 1.29 is 0 Å². The molecule has 0 bridgehead atoms. The number of hydrogen-bond acceptors (Lipinski definition) is 3. The molecule has 0 N–H and O–H groups in total. The monoisotopic (exact) mass is 173 g/mol. The predicted octanol–water partition coefficient (Wildman–Crippen LogP) is 1.33. The zero-order valence-corrected chi connectivity index (χ0v) is 8.29. The van der Waals surface area contributed by atoms with Gasteiger partial charge in [0.2, 0.25) is 0 Å². The van der Waals surface area contributed by atoms with E-state index >= 15 is 0 Å². The van der Waals surface area contributed by atoms with E-state index in [0.717, 1.165) is 26.2 Å². The van der Waals surface area contributed by atoms with Crippen molar-refractivity contribution in [2.75, 3.05) is 32.7 Å². The second-order valence-corrected chi connectivity index (χ2v) is 2.65. The van der Waals surface area contributed by atoms with Crippen LogP contribution in [0.5, 0.6) is 0 Å². The lowest BCUT2D eigenvalue weighted by molar-refractivity contribution is 0.224. The van der Waals surface area contributed by atoms with Crippen LogP contribution in [0, 0.1) is 4.91 Å². The maximum Gasteiger partial charge on any atom is 0.0524 e. The van der Waals surface area contributed by atoms with Crippen LogP contribution in [0.3, 0.4) is 0 Å². The van der Waals surface area contributed by atoms with Crippen LogP contribution >= 0.6 is 0 Å². The Balaban J connectivity index is 3.55. The molecular formula is C8H19N3O. The maximum atomic E-state index is 10.2. The lowest BCUT2D eigenvalue weighted by Gasteiger charge is -2.20. The first-order chi connectivity index (χ1) is 5.78. The molecule has 4 heteroatoms. The van der Waals surface area contributed by atoms with Gasteiger partial charge in [0.15, 0.2) is 0 Å². The van der Waals surface area contributed by atoms with Crippen LogP contribution in [0.25, 0.3) is 0 Å². The highest BCUT2D eigenvalue weighted by Gasteiger charge is 2.02. The fourth-order valence-electron chi connectivity index (χ4n) is 1.05. The average Bonchev–Trinajstić information content (AvgIpc) is 2.13. The molecule has 0 unspecified atom stereocenters. The van der Waals surface area contributed by atoms with E-state index in [2.05, 4.69) is 24.0 Å². The van der Waals surface area contributed by atoms with Crippen LogP contribution in [-0.4, -0.2) is 42.6 Å². The fourth-order valence-corrected chi connectivity index (χ4v) is 1.05. The van der Waals surface area contributed by atoms with Gasteiger partial charge in [0.1, 0.15) is 0 Å². The van der Waals surface area contributed by atoms with Crippen LogP contribution < -0.4 is 0 Å². The summed E-state index contributed by atoms with van der Waals surface area (Å²) in [6, 6.07) is 0. The fraction of sp³-hybridized carbons (Fsp3) is 1.00. The van der Waals surface area contributed by atoms with Gasteiger partial charge in [0.25, 0.3) is 0 Å². The molecule has 72 valence electrons. The van der Waals surface area contributed by atoms with Gasteiger partial charge in [-0.2, -0.15) is 0 Å². The van der Waals surface area contributed by atoms with E-state index in [4.69, 9.17) is 0 Å². The molecule has 0 aromatic heterocycles. The molecule has 4 nitrogen and oxygen atoms in total. The molecule has 0 saturated heterocycles. The Morgan fingerprint density at radius 1 is 1.00 bits per heavy atom. The van der Waals surface area contributed by atoms with Crippen LogP contribution in [0.4, 0.5) is 0 Å². The van der Waals surface area contributed by atoms with Crippen LogP contribution in [0.15, 0.2) is 5.29 Å². The molecule has 0 aromatic rings. The molecule has 0 aromatic carbocycles. The van der Waals surface area contributed by atoms with E-state index in [9.17, 15) is 4.91 Å². The average molecular weight is 173 g/mol. The van der Waals surface area contributed by atoms with Crippen molar-refractivity contribution in [1.29, 1.82) is 0 Å². The van der Waals surface area contributed by atoms with Gasteiger partial charge >= 0.3 is 0 Å². The van der Waals surface area contributed by atoms with Gasteiger partial charge < -0.3 is 4.90 Å². The maximum absolute atomic E-state index is 10.2. The molecule has 0 amide bonds. The summed E-state index contributed by atoms with van der Waals surface area (Å²) in [5.74, 6) is 0. The summed E-state index contributed by atoms with van der Waals surface area (Å²) in [7, 11) is 0. The van der Waals surface area contributed by atoms with Crippen molar-refractivity contribution in [2.45, 2.75) is 20.8 Å². The smallest absolute Gasteiger partial charge is 0.0524 e. The molecule has 0 aliphatic rings. The van der Waals surface area contributed by atoms with Gasteiger partial charge in [-0.05, 0) is 20.0 Å². The van der Waals surface area contributed by atoms with Crippen LogP contribution in [0.2, 0.25) is 0 Å². The summed E-state index contributed by atoms with van der Waals surface area (Å²) in [6.45, 7) is 10.6. The quantitative estimate of drug-likeness (QED) is 0.430. The van der Waals surface area contributed by atoms with Gasteiger partial charge in [0, 0.05) is 13.1 Å². The van der Waals surface area contributed by atoms with Crippen molar-refractivity contribution in [3.05, 3.63) is 4.91 Å². The van der Waals surface area contributed by atoms with Gasteiger partial charge in [-0.3, -0.25) is 5.01 Å². The minimum atomic E-state index is 0.699. The standard InChI is InChI=1S/C8H19N3O/c1-4-10(5-2)7-8-11(6-3)9-12/h4-8H2,1-3H3. The molecule has 12 heavy (non-hydrogen) atoms. The van der Waals surface area contributed by atoms with E-state index in [0.29, 0.717) is 6.54 Å². The largest absolute Gasteiger partial charge is 0.302 e. The van der Waals surface area contributed by atoms with E-state index in [-0.39, 0.29) is 0 Å². The predicted molar refractivity (Wildman–Crippen MR) is 50.8 cm³/mol. The molecule has 0 fully saturated rings.